The lowest BCUT2D eigenvalue weighted by atomic mass is 9.92. The summed E-state index contributed by atoms with van der Waals surface area (Å²) in [5, 5.41) is 12.4. The van der Waals surface area contributed by atoms with Gasteiger partial charge >= 0.3 is 0 Å². The van der Waals surface area contributed by atoms with Gasteiger partial charge in [0, 0.05) is 11.3 Å². The zero-order valence-electron chi connectivity index (χ0n) is 9.89. The van der Waals surface area contributed by atoms with Crippen LogP contribution in [0.3, 0.4) is 0 Å². The van der Waals surface area contributed by atoms with E-state index >= 15 is 0 Å². The van der Waals surface area contributed by atoms with Gasteiger partial charge < -0.3 is 16.2 Å². The average Bonchev–Trinajstić information content (AvgIpc) is 2.22. The fourth-order valence-electron chi connectivity index (χ4n) is 1.86. The molecular weight excluding hydrogens is 224 g/mol. The maximum Gasteiger partial charge on any atom is 0.237 e. The first-order valence-electron chi connectivity index (χ1n) is 5.84. The van der Waals surface area contributed by atoms with Crippen molar-refractivity contribution in [2.24, 2.45) is 11.7 Å². The lowest BCUT2D eigenvalue weighted by molar-refractivity contribution is -0.124. The zero-order valence-corrected chi connectivity index (χ0v) is 10.8. The van der Waals surface area contributed by atoms with Crippen LogP contribution >= 0.6 is 12.6 Å². The summed E-state index contributed by atoms with van der Waals surface area (Å²) < 4.78 is 0. The number of carbonyl (C=O) groups excluding carboxylic acids is 1. The van der Waals surface area contributed by atoms with Crippen LogP contribution in [0.1, 0.15) is 33.1 Å². The molecule has 0 spiro atoms. The summed E-state index contributed by atoms with van der Waals surface area (Å²) in [6.45, 7) is 3.85. The predicted molar refractivity (Wildman–Crippen MR) is 67.4 cm³/mol. The molecule has 4 nitrogen and oxygen atoms in total. The Labute approximate surface area is 102 Å². The Hall–Kier alpha value is -0.260. The maximum atomic E-state index is 11.7. The van der Waals surface area contributed by atoms with E-state index in [9.17, 15) is 9.90 Å². The topological polar surface area (TPSA) is 75.4 Å². The van der Waals surface area contributed by atoms with Crippen LogP contribution in [-0.4, -0.2) is 34.5 Å². The van der Waals surface area contributed by atoms with Gasteiger partial charge in [-0.05, 0) is 25.2 Å². The first kappa shape index (κ1) is 13.8. The largest absolute Gasteiger partial charge is 0.392 e. The summed E-state index contributed by atoms with van der Waals surface area (Å²) in [7, 11) is 0. The minimum Gasteiger partial charge on any atom is -0.392 e. The third-order valence-electron chi connectivity index (χ3n) is 3.15. The van der Waals surface area contributed by atoms with Crippen molar-refractivity contribution in [3.8, 4) is 0 Å². The quantitative estimate of drug-likeness (QED) is 0.541. The fraction of sp³-hybridized carbons (Fsp3) is 0.909. The number of aliphatic hydroxyl groups excluding tert-OH is 1. The second-order valence-electron chi connectivity index (χ2n) is 4.92. The van der Waals surface area contributed by atoms with Crippen molar-refractivity contribution in [1.29, 1.82) is 0 Å². The number of amides is 1. The molecule has 1 aliphatic carbocycles. The smallest absolute Gasteiger partial charge is 0.237 e. The lowest BCUT2D eigenvalue weighted by Crippen LogP contribution is -2.50. The lowest BCUT2D eigenvalue weighted by Gasteiger charge is -2.31. The molecule has 1 amide bonds. The molecule has 1 fully saturated rings. The van der Waals surface area contributed by atoms with Crippen molar-refractivity contribution in [1.82, 2.24) is 5.32 Å². The average molecular weight is 246 g/mol. The van der Waals surface area contributed by atoms with E-state index in [2.05, 4.69) is 17.9 Å². The number of nitrogens with one attached hydrogen (secondary N) is 1. The summed E-state index contributed by atoms with van der Waals surface area (Å²) >= 11 is 4.30. The van der Waals surface area contributed by atoms with Crippen LogP contribution in [0.4, 0.5) is 0 Å². The van der Waals surface area contributed by atoms with Crippen LogP contribution in [-0.2, 0) is 4.79 Å². The molecule has 0 aromatic rings. The monoisotopic (exact) mass is 246 g/mol. The van der Waals surface area contributed by atoms with Crippen molar-refractivity contribution in [2.45, 2.75) is 56.5 Å². The third kappa shape index (κ3) is 3.64. The fourth-order valence-corrected chi connectivity index (χ4v) is 2.27. The van der Waals surface area contributed by atoms with Crippen molar-refractivity contribution in [3.63, 3.8) is 0 Å². The minimum absolute atomic E-state index is 0.0469. The van der Waals surface area contributed by atoms with Gasteiger partial charge in [0.15, 0.2) is 0 Å². The Morgan fingerprint density at radius 2 is 2.12 bits per heavy atom. The van der Waals surface area contributed by atoms with Crippen LogP contribution in [0.25, 0.3) is 0 Å². The van der Waals surface area contributed by atoms with Crippen LogP contribution in [0.15, 0.2) is 0 Å². The zero-order chi connectivity index (χ0) is 12.3. The number of carbonyl (C=O) groups is 1. The number of nitrogens with two attached hydrogens (primary N) is 1. The normalized spacial score (nSPS) is 32.5. The van der Waals surface area contributed by atoms with E-state index in [1.54, 1.807) is 0 Å². The molecule has 0 unspecified atom stereocenters. The van der Waals surface area contributed by atoms with E-state index in [0.29, 0.717) is 12.8 Å². The van der Waals surface area contributed by atoms with Crippen LogP contribution < -0.4 is 11.1 Å². The van der Waals surface area contributed by atoms with E-state index < -0.39 is 6.04 Å². The van der Waals surface area contributed by atoms with Gasteiger partial charge in [0.2, 0.25) is 5.91 Å². The Balaban J connectivity index is 2.40. The highest BCUT2D eigenvalue weighted by Crippen LogP contribution is 2.23. The molecule has 1 saturated carbocycles. The number of rotatable bonds is 3. The number of hydrogen-bond acceptors (Lipinski definition) is 4. The van der Waals surface area contributed by atoms with Crippen LogP contribution in [0, 0.1) is 5.92 Å². The summed E-state index contributed by atoms with van der Waals surface area (Å²) in [6, 6.07) is -0.353. The van der Waals surface area contributed by atoms with Gasteiger partial charge in [-0.15, -0.1) is 0 Å². The first-order valence-corrected chi connectivity index (χ1v) is 6.35. The van der Waals surface area contributed by atoms with E-state index in [4.69, 9.17) is 5.73 Å². The van der Waals surface area contributed by atoms with Crippen LogP contribution in [0.2, 0.25) is 0 Å². The Morgan fingerprint density at radius 3 is 2.62 bits per heavy atom. The Kier molecular flexibility index (Phi) is 5.08. The predicted octanol–water partition coefficient (Wildman–Crippen LogP) is 0.298. The molecule has 4 N–H and O–H groups in total. The van der Waals surface area contributed by atoms with E-state index in [1.807, 2.05) is 13.8 Å². The molecular formula is C11H22N2O2S. The second kappa shape index (κ2) is 5.89. The summed E-state index contributed by atoms with van der Waals surface area (Å²) in [5.74, 6) is 0.0397. The van der Waals surface area contributed by atoms with Gasteiger partial charge in [-0.25, -0.2) is 0 Å². The van der Waals surface area contributed by atoms with E-state index in [-0.39, 0.29) is 29.2 Å². The number of aliphatic hydroxyl groups is 1. The van der Waals surface area contributed by atoms with Gasteiger partial charge in [0.1, 0.15) is 0 Å². The number of thiol groups is 1. The first-order chi connectivity index (χ1) is 7.41. The molecule has 1 rings (SSSR count). The van der Waals surface area contributed by atoms with Crippen molar-refractivity contribution >= 4 is 18.5 Å². The molecule has 94 valence electrons. The molecule has 0 aliphatic heterocycles. The molecule has 0 radical (unpaired) electrons. The highest BCUT2D eigenvalue weighted by Gasteiger charge is 2.29. The molecule has 0 saturated heterocycles. The molecule has 16 heavy (non-hydrogen) atoms. The standard InChI is InChI=1S/C11H22N2O2S/c1-6(2)10(12)11(15)13-7-3-4-8(14)9(16)5-7/h6-10,14,16H,3-5,12H2,1-2H3,(H,13,15)/t7-,8+,9+,10+/m1/s1. The van der Waals surface area contributed by atoms with Gasteiger partial charge in [-0.2, -0.15) is 12.6 Å². The summed E-state index contributed by atoms with van der Waals surface area (Å²) in [6.07, 6.45) is 1.85. The molecule has 0 heterocycles. The minimum atomic E-state index is -0.454. The van der Waals surface area contributed by atoms with Gasteiger partial charge in [0.25, 0.3) is 0 Å². The SMILES string of the molecule is CC(C)[C@H](N)C(=O)N[C@@H]1CC[C@H](O)[C@@H](S)C1. The van der Waals surface area contributed by atoms with Gasteiger partial charge in [-0.1, -0.05) is 13.8 Å². The summed E-state index contributed by atoms with van der Waals surface area (Å²) in [4.78, 5) is 11.7. The van der Waals surface area contributed by atoms with E-state index in [1.165, 1.54) is 0 Å². The molecule has 0 aromatic carbocycles. The third-order valence-corrected chi connectivity index (χ3v) is 3.70. The number of hydrogen-bond donors (Lipinski definition) is 4. The van der Waals surface area contributed by atoms with Crippen molar-refractivity contribution in [2.75, 3.05) is 0 Å². The maximum absolute atomic E-state index is 11.7. The summed E-state index contributed by atoms with van der Waals surface area (Å²) in [5.41, 5.74) is 5.76. The van der Waals surface area contributed by atoms with Crippen molar-refractivity contribution < 1.29 is 9.90 Å². The molecule has 0 bridgehead atoms. The van der Waals surface area contributed by atoms with Crippen LogP contribution in [0.5, 0.6) is 0 Å². The molecule has 0 aromatic heterocycles. The van der Waals surface area contributed by atoms with Gasteiger partial charge in [-0.3, -0.25) is 4.79 Å². The molecule has 5 heteroatoms. The Bertz CT molecular complexity index is 248. The second-order valence-corrected chi connectivity index (χ2v) is 5.59. The highest BCUT2D eigenvalue weighted by atomic mass is 32.1. The Morgan fingerprint density at radius 1 is 1.50 bits per heavy atom. The van der Waals surface area contributed by atoms with Gasteiger partial charge in [0.05, 0.1) is 12.1 Å². The molecule has 4 atom stereocenters. The highest BCUT2D eigenvalue weighted by molar-refractivity contribution is 7.81. The molecule has 1 aliphatic rings. The van der Waals surface area contributed by atoms with E-state index in [0.717, 1.165) is 6.42 Å². The van der Waals surface area contributed by atoms with Crippen molar-refractivity contribution in [3.05, 3.63) is 0 Å².